The standard InChI is InChI=1S/C13H20FN/c1-3-4-11-5-7-12(8-6-11)10(2)13(15)9-14/h3,5,7-8,10-11,13H,1,4,6,9,15H2,2H3. The highest BCUT2D eigenvalue weighted by atomic mass is 19.1. The van der Waals surface area contributed by atoms with Crippen LogP contribution < -0.4 is 5.73 Å². The monoisotopic (exact) mass is 209 g/mol. The summed E-state index contributed by atoms with van der Waals surface area (Å²) in [5.74, 6) is 0.663. The van der Waals surface area contributed by atoms with Crippen molar-refractivity contribution in [3.05, 3.63) is 36.5 Å². The van der Waals surface area contributed by atoms with E-state index >= 15 is 0 Å². The van der Waals surface area contributed by atoms with Crippen LogP contribution in [0.1, 0.15) is 19.8 Å². The van der Waals surface area contributed by atoms with Gasteiger partial charge in [0.15, 0.2) is 0 Å². The molecule has 0 aliphatic heterocycles. The molecule has 2 N–H and O–H groups in total. The third kappa shape index (κ3) is 3.31. The zero-order valence-electron chi connectivity index (χ0n) is 9.33. The first-order valence-electron chi connectivity index (χ1n) is 5.49. The zero-order valence-corrected chi connectivity index (χ0v) is 9.33. The Labute approximate surface area is 91.5 Å². The number of halogens is 1. The van der Waals surface area contributed by atoms with Crippen LogP contribution in [0, 0.1) is 11.8 Å². The fraction of sp³-hybridized carbons (Fsp3) is 0.538. The molecule has 3 unspecified atom stereocenters. The van der Waals surface area contributed by atoms with Gasteiger partial charge in [-0.1, -0.05) is 31.2 Å². The quantitative estimate of drug-likeness (QED) is 0.692. The Morgan fingerprint density at radius 1 is 1.73 bits per heavy atom. The number of nitrogens with two attached hydrogens (primary N) is 1. The van der Waals surface area contributed by atoms with Gasteiger partial charge in [0, 0.05) is 6.04 Å². The molecule has 0 saturated heterocycles. The first-order chi connectivity index (χ1) is 7.19. The summed E-state index contributed by atoms with van der Waals surface area (Å²) in [5, 5.41) is 0. The highest BCUT2D eigenvalue weighted by Gasteiger charge is 2.17. The minimum atomic E-state index is -0.456. The molecule has 0 saturated carbocycles. The van der Waals surface area contributed by atoms with E-state index in [1.54, 1.807) is 0 Å². The lowest BCUT2D eigenvalue weighted by Crippen LogP contribution is -2.31. The van der Waals surface area contributed by atoms with Crippen LogP contribution in [0.25, 0.3) is 0 Å². The molecule has 15 heavy (non-hydrogen) atoms. The van der Waals surface area contributed by atoms with Gasteiger partial charge in [0.2, 0.25) is 0 Å². The summed E-state index contributed by atoms with van der Waals surface area (Å²) < 4.78 is 12.4. The summed E-state index contributed by atoms with van der Waals surface area (Å²) in [5.41, 5.74) is 6.84. The van der Waals surface area contributed by atoms with Crippen molar-refractivity contribution in [2.45, 2.75) is 25.8 Å². The molecule has 1 aliphatic rings. The summed E-state index contributed by atoms with van der Waals surface area (Å²) in [4.78, 5) is 0. The molecule has 1 aliphatic carbocycles. The van der Waals surface area contributed by atoms with E-state index in [1.165, 1.54) is 5.57 Å². The molecule has 0 aromatic heterocycles. The normalized spacial score (nSPS) is 24.5. The third-order valence-electron chi connectivity index (χ3n) is 3.03. The molecule has 0 aromatic carbocycles. The van der Waals surface area contributed by atoms with Gasteiger partial charge in [-0.15, -0.1) is 6.58 Å². The number of allylic oxidation sites excluding steroid dienone is 4. The molecule has 0 heterocycles. The van der Waals surface area contributed by atoms with Crippen molar-refractivity contribution in [3.63, 3.8) is 0 Å². The highest BCUT2D eigenvalue weighted by Crippen LogP contribution is 2.25. The van der Waals surface area contributed by atoms with Crippen LogP contribution in [0.3, 0.4) is 0 Å². The van der Waals surface area contributed by atoms with Gasteiger partial charge in [0.1, 0.15) is 6.67 Å². The van der Waals surface area contributed by atoms with E-state index in [1.807, 2.05) is 13.0 Å². The maximum Gasteiger partial charge on any atom is 0.105 e. The fourth-order valence-corrected chi connectivity index (χ4v) is 1.79. The molecule has 0 spiro atoms. The second kappa shape index (κ2) is 5.86. The Bertz CT molecular complexity index is 268. The van der Waals surface area contributed by atoms with Crippen molar-refractivity contribution in [3.8, 4) is 0 Å². The Morgan fingerprint density at radius 3 is 2.93 bits per heavy atom. The average Bonchev–Trinajstić information content (AvgIpc) is 2.28. The van der Waals surface area contributed by atoms with Crippen LogP contribution >= 0.6 is 0 Å². The van der Waals surface area contributed by atoms with Crippen molar-refractivity contribution in [2.75, 3.05) is 6.67 Å². The molecule has 84 valence electrons. The summed E-state index contributed by atoms with van der Waals surface area (Å²) in [7, 11) is 0. The van der Waals surface area contributed by atoms with E-state index in [0.717, 1.165) is 12.8 Å². The van der Waals surface area contributed by atoms with Crippen LogP contribution in [0.4, 0.5) is 4.39 Å². The Hall–Kier alpha value is -0.890. The lowest BCUT2D eigenvalue weighted by Gasteiger charge is -2.22. The largest absolute Gasteiger partial charge is 0.325 e. The predicted octanol–water partition coefficient (Wildman–Crippen LogP) is 3.00. The minimum Gasteiger partial charge on any atom is -0.325 e. The van der Waals surface area contributed by atoms with Crippen LogP contribution in [0.15, 0.2) is 36.5 Å². The summed E-state index contributed by atoms with van der Waals surface area (Å²) in [6.45, 7) is 5.25. The summed E-state index contributed by atoms with van der Waals surface area (Å²) in [6, 6.07) is -0.378. The molecular formula is C13H20FN. The van der Waals surface area contributed by atoms with Gasteiger partial charge in [-0.3, -0.25) is 0 Å². The topological polar surface area (TPSA) is 26.0 Å². The summed E-state index contributed by atoms with van der Waals surface area (Å²) in [6.07, 6.45) is 10.4. The SMILES string of the molecule is C=CCC1C=CC(C(C)C(N)CF)=CC1. The smallest absolute Gasteiger partial charge is 0.105 e. The van der Waals surface area contributed by atoms with E-state index in [2.05, 4.69) is 24.8 Å². The molecule has 0 amide bonds. The van der Waals surface area contributed by atoms with Gasteiger partial charge in [0.25, 0.3) is 0 Å². The van der Waals surface area contributed by atoms with Crippen molar-refractivity contribution in [1.29, 1.82) is 0 Å². The van der Waals surface area contributed by atoms with Crippen LogP contribution in [0.2, 0.25) is 0 Å². The lowest BCUT2D eigenvalue weighted by molar-refractivity contribution is 0.376. The average molecular weight is 209 g/mol. The molecule has 0 fully saturated rings. The van der Waals surface area contributed by atoms with E-state index < -0.39 is 6.67 Å². The van der Waals surface area contributed by atoms with Gasteiger partial charge in [-0.05, 0) is 30.3 Å². The first kappa shape index (κ1) is 12.2. The molecule has 3 atom stereocenters. The van der Waals surface area contributed by atoms with Crippen LogP contribution in [-0.4, -0.2) is 12.7 Å². The number of rotatable bonds is 5. The lowest BCUT2D eigenvalue weighted by atomic mass is 9.86. The van der Waals surface area contributed by atoms with E-state index in [9.17, 15) is 4.39 Å². The van der Waals surface area contributed by atoms with Crippen LogP contribution in [0.5, 0.6) is 0 Å². The predicted molar refractivity (Wildman–Crippen MR) is 63.3 cm³/mol. The molecule has 0 radical (unpaired) electrons. The fourth-order valence-electron chi connectivity index (χ4n) is 1.79. The maximum absolute atomic E-state index is 12.4. The van der Waals surface area contributed by atoms with Crippen molar-refractivity contribution >= 4 is 0 Å². The van der Waals surface area contributed by atoms with Crippen molar-refractivity contribution < 1.29 is 4.39 Å². The molecule has 0 aromatic rings. The van der Waals surface area contributed by atoms with Crippen LogP contribution in [-0.2, 0) is 0 Å². The molecule has 1 rings (SSSR count). The van der Waals surface area contributed by atoms with Gasteiger partial charge in [0.05, 0.1) is 0 Å². The first-order valence-corrected chi connectivity index (χ1v) is 5.49. The van der Waals surface area contributed by atoms with E-state index in [0.29, 0.717) is 5.92 Å². The molecule has 2 heteroatoms. The summed E-state index contributed by atoms with van der Waals surface area (Å²) >= 11 is 0. The van der Waals surface area contributed by atoms with Gasteiger partial charge < -0.3 is 5.73 Å². The Kier molecular flexibility index (Phi) is 4.76. The second-order valence-electron chi connectivity index (χ2n) is 4.19. The van der Waals surface area contributed by atoms with Gasteiger partial charge in [-0.2, -0.15) is 0 Å². The minimum absolute atomic E-state index is 0.107. The van der Waals surface area contributed by atoms with Crippen molar-refractivity contribution in [2.24, 2.45) is 17.6 Å². The van der Waals surface area contributed by atoms with Crippen molar-refractivity contribution in [1.82, 2.24) is 0 Å². The number of alkyl halides is 1. The second-order valence-corrected chi connectivity index (χ2v) is 4.19. The molecule has 0 bridgehead atoms. The zero-order chi connectivity index (χ0) is 11.3. The van der Waals surface area contributed by atoms with E-state index in [4.69, 9.17) is 5.73 Å². The van der Waals surface area contributed by atoms with E-state index in [-0.39, 0.29) is 12.0 Å². The van der Waals surface area contributed by atoms with Gasteiger partial charge >= 0.3 is 0 Å². The highest BCUT2D eigenvalue weighted by molar-refractivity contribution is 5.27. The molecule has 1 nitrogen and oxygen atoms in total. The van der Waals surface area contributed by atoms with Gasteiger partial charge in [-0.25, -0.2) is 4.39 Å². The molecular weight excluding hydrogens is 189 g/mol. The Morgan fingerprint density at radius 2 is 2.47 bits per heavy atom. The number of hydrogen-bond donors (Lipinski definition) is 1. The maximum atomic E-state index is 12.4. The Balaban J connectivity index is 2.54. The number of hydrogen-bond acceptors (Lipinski definition) is 1. The third-order valence-corrected chi connectivity index (χ3v) is 3.03.